The molecule has 0 saturated heterocycles. The zero-order valence-electron chi connectivity index (χ0n) is 13.3. The summed E-state index contributed by atoms with van der Waals surface area (Å²) in [5.41, 5.74) is 1.02. The van der Waals surface area contributed by atoms with E-state index in [1.807, 2.05) is 0 Å². The molecule has 2 amide bonds. The van der Waals surface area contributed by atoms with Crippen LogP contribution in [-0.4, -0.2) is 17.9 Å². The molecule has 0 fully saturated rings. The van der Waals surface area contributed by atoms with Gasteiger partial charge >= 0.3 is 12.4 Å². The van der Waals surface area contributed by atoms with Gasteiger partial charge in [0.05, 0.1) is 11.1 Å². The van der Waals surface area contributed by atoms with Gasteiger partial charge in [0.1, 0.15) is 6.04 Å². The van der Waals surface area contributed by atoms with Gasteiger partial charge in [-0.15, -0.1) is 0 Å². The zero-order valence-corrected chi connectivity index (χ0v) is 13.3. The predicted molar refractivity (Wildman–Crippen MR) is 76.3 cm³/mol. The van der Waals surface area contributed by atoms with Crippen molar-refractivity contribution in [3.63, 3.8) is 0 Å². The van der Waals surface area contributed by atoms with Crippen LogP contribution in [0.1, 0.15) is 41.8 Å². The van der Waals surface area contributed by atoms with Gasteiger partial charge in [0, 0.05) is 5.56 Å². The van der Waals surface area contributed by atoms with Crippen molar-refractivity contribution in [3.05, 3.63) is 34.9 Å². The maximum Gasteiger partial charge on any atom is 0.416 e. The van der Waals surface area contributed by atoms with Crippen molar-refractivity contribution in [3.8, 4) is 0 Å². The van der Waals surface area contributed by atoms with Crippen LogP contribution in [-0.2, 0) is 17.1 Å². The molecular formula is C15H16F6N2O2. The van der Waals surface area contributed by atoms with Crippen molar-refractivity contribution in [1.82, 2.24) is 5.32 Å². The van der Waals surface area contributed by atoms with E-state index in [1.54, 1.807) is 13.8 Å². The van der Waals surface area contributed by atoms with Crippen LogP contribution in [0, 0.1) is 5.92 Å². The summed E-state index contributed by atoms with van der Waals surface area (Å²) >= 11 is 0. The van der Waals surface area contributed by atoms with Crippen molar-refractivity contribution >= 4 is 11.8 Å². The van der Waals surface area contributed by atoms with Crippen molar-refractivity contribution in [1.29, 1.82) is 0 Å². The molecule has 0 saturated carbocycles. The molecule has 1 rings (SSSR count). The number of alkyl halides is 6. The van der Waals surface area contributed by atoms with Gasteiger partial charge in [-0.1, -0.05) is 20.3 Å². The minimum Gasteiger partial charge on any atom is -0.368 e. The van der Waals surface area contributed by atoms with E-state index in [-0.39, 0.29) is 6.07 Å². The normalized spacial score (nSPS) is 14.7. The highest BCUT2D eigenvalue weighted by Gasteiger charge is 2.37. The number of halogens is 6. The molecule has 2 atom stereocenters. The number of rotatable bonds is 5. The molecule has 1 aromatic carbocycles. The monoisotopic (exact) mass is 370 g/mol. The molecule has 3 N–H and O–H groups in total. The van der Waals surface area contributed by atoms with Crippen LogP contribution < -0.4 is 11.1 Å². The summed E-state index contributed by atoms with van der Waals surface area (Å²) in [7, 11) is 0. The van der Waals surface area contributed by atoms with E-state index in [4.69, 9.17) is 5.73 Å². The third kappa shape index (κ3) is 5.36. The number of nitrogens with two attached hydrogens (primary N) is 1. The van der Waals surface area contributed by atoms with Gasteiger partial charge in [0.2, 0.25) is 5.91 Å². The SMILES string of the molecule is CC[C@H](C)[C@@H](NC(=O)c1cc(C(F)(F)F)cc(C(F)(F)F)c1)C(N)=O. The zero-order chi connectivity index (χ0) is 19.6. The van der Waals surface area contributed by atoms with E-state index in [0.717, 1.165) is 0 Å². The third-order valence-corrected chi connectivity index (χ3v) is 3.66. The molecule has 25 heavy (non-hydrogen) atoms. The van der Waals surface area contributed by atoms with Crippen LogP contribution in [0.2, 0.25) is 0 Å². The molecule has 0 aliphatic carbocycles. The molecule has 0 radical (unpaired) electrons. The van der Waals surface area contributed by atoms with Crippen LogP contribution in [0.5, 0.6) is 0 Å². The number of nitrogens with one attached hydrogen (secondary N) is 1. The highest BCUT2D eigenvalue weighted by atomic mass is 19.4. The summed E-state index contributed by atoms with van der Waals surface area (Å²) in [5.74, 6) is -2.64. The van der Waals surface area contributed by atoms with Crippen LogP contribution in [0.25, 0.3) is 0 Å². The Hall–Kier alpha value is -2.26. The minimum atomic E-state index is -5.07. The summed E-state index contributed by atoms with van der Waals surface area (Å²) in [4.78, 5) is 23.5. The second-order valence-electron chi connectivity index (χ2n) is 5.53. The van der Waals surface area contributed by atoms with E-state index in [1.165, 1.54) is 0 Å². The smallest absolute Gasteiger partial charge is 0.368 e. The lowest BCUT2D eigenvalue weighted by Gasteiger charge is -2.21. The highest BCUT2D eigenvalue weighted by Crippen LogP contribution is 2.36. The molecule has 140 valence electrons. The number of primary amides is 1. The van der Waals surface area contributed by atoms with Gasteiger partial charge in [-0.05, 0) is 24.1 Å². The topological polar surface area (TPSA) is 72.2 Å². The van der Waals surface area contributed by atoms with Gasteiger partial charge in [-0.25, -0.2) is 0 Å². The van der Waals surface area contributed by atoms with Gasteiger partial charge in [-0.2, -0.15) is 26.3 Å². The summed E-state index contributed by atoms with van der Waals surface area (Å²) in [5, 5.41) is 2.09. The summed E-state index contributed by atoms with van der Waals surface area (Å²) in [6.45, 7) is 3.24. The van der Waals surface area contributed by atoms with Crippen molar-refractivity contribution in [2.24, 2.45) is 11.7 Å². The third-order valence-electron chi connectivity index (χ3n) is 3.66. The van der Waals surface area contributed by atoms with Gasteiger partial charge in [0.25, 0.3) is 5.91 Å². The summed E-state index contributed by atoms with van der Waals surface area (Å²) in [6.07, 6.45) is -9.74. The van der Waals surface area contributed by atoms with E-state index < -0.39 is 52.8 Å². The number of hydrogen-bond acceptors (Lipinski definition) is 2. The number of carbonyl (C=O) groups excluding carboxylic acids is 2. The van der Waals surface area contributed by atoms with E-state index in [9.17, 15) is 35.9 Å². The first-order valence-corrected chi connectivity index (χ1v) is 7.17. The first-order chi connectivity index (χ1) is 11.3. The Labute approximate surface area is 139 Å². The van der Waals surface area contributed by atoms with E-state index in [2.05, 4.69) is 5.32 Å². The quantitative estimate of drug-likeness (QED) is 0.781. The average Bonchev–Trinajstić information content (AvgIpc) is 2.49. The first kappa shape index (κ1) is 20.8. The molecular weight excluding hydrogens is 354 g/mol. The second kappa shape index (κ2) is 7.32. The van der Waals surface area contributed by atoms with Crippen LogP contribution in [0.3, 0.4) is 0 Å². The molecule has 10 heteroatoms. The Balaban J connectivity index is 3.31. The molecule has 0 aliphatic heterocycles. The Morgan fingerprint density at radius 2 is 1.48 bits per heavy atom. The number of carbonyl (C=O) groups is 2. The lowest BCUT2D eigenvalue weighted by Crippen LogP contribution is -2.48. The molecule has 4 nitrogen and oxygen atoms in total. The van der Waals surface area contributed by atoms with Gasteiger partial charge in [0.15, 0.2) is 0 Å². The Bertz CT molecular complexity index is 622. The highest BCUT2D eigenvalue weighted by molar-refractivity contribution is 5.97. The first-order valence-electron chi connectivity index (χ1n) is 7.17. The Morgan fingerprint density at radius 1 is 1.04 bits per heavy atom. The molecule has 0 spiro atoms. The standard InChI is InChI=1S/C15H16F6N2O2/c1-3-7(2)11(12(22)24)23-13(25)8-4-9(14(16,17)18)6-10(5-8)15(19,20)21/h4-7,11H,3H2,1-2H3,(H2,22,24)(H,23,25)/t7-,11+/m0/s1. The molecule has 0 aliphatic rings. The number of benzene rings is 1. The predicted octanol–water partition coefficient (Wildman–Crippen LogP) is 3.35. The fourth-order valence-corrected chi connectivity index (χ4v) is 2.04. The molecule has 0 aromatic heterocycles. The number of hydrogen-bond donors (Lipinski definition) is 2. The fourth-order valence-electron chi connectivity index (χ4n) is 2.04. The molecule has 1 aromatic rings. The lowest BCUT2D eigenvalue weighted by atomic mass is 9.97. The second-order valence-corrected chi connectivity index (χ2v) is 5.53. The van der Waals surface area contributed by atoms with Crippen LogP contribution in [0.4, 0.5) is 26.3 Å². The minimum absolute atomic E-state index is 0.0863. The van der Waals surface area contributed by atoms with E-state index in [0.29, 0.717) is 18.6 Å². The lowest BCUT2D eigenvalue weighted by molar-refractivity contribution is -0.143. The van der Waals surface area contributed by atoms with Crippen molar-refractivity contribution in [2.45, 2.75) is 38.7 Å². The van der Waals surface area contributed by atoms with Gasteiger partial charge in [-0.3, -0.25) is 9.59 Å². The maximum atomic E-state index is 12.8. The summed E-state index contributed by atoms with van der Waals surface area (Å²) in [6, 6.07) is -0.725. The van der Waals surface area contributed by atoms with Crippen molar-refractivity contribution < 1.29 is 35.9 Å². The maximum absolute atomic E-state index is 12.8. The fraction of sp³-hybridized carbons (Fsp3) is 0.467. The van der Waals surface area contributed by atoms with E-state index >= 15 is 0 Å². The Morgan fingerprint density at radius 3 is 1.80 bits per heavy atom. The van der Waals surface area contributed by atoms with Crippen LogP contribution in [0.15, 0.2) is 18.2 Å². The van der Waals surface area contributed by atoms with Gasteiger partial charge < -0.3 is 11.1 Å². The average molecular weight is 370 g/mol. The number of amides is 2. The molecule has 0 bridgehead atoms. The molecule has 0 heterocycles. The largest absolute Gasteiger partial charge is 0.416 e. The van der Waals surface area contributed by atoms with Crippen molar-refractivity contribution in [2.75, 3.05) is 0 Å². The summed E-state index contributed by atoms with van der Waals surface area (Å²) < 4.78 is 76.8. The van der Waals surface area contributed by atoms with Crippen LogP contribution >= 0.6 is 0 Å². The Kier molecular flexibility index (Phi) is 6.09. The molecule has 0 unspecified atom stereocenters.